The predicted molar refractivity (Wildman–Crippen MR) is 101 cm³/mol. The number of phenolic OH excluding ortho intramolecular Hbond substituents is 1. The van der Waals surface area contributed by atoms with Crippen LogP contribution in [0.25, 0.3) is 10.9 Å². The second-order valence-corrected chi connectivity index (χ2v) is 6.48. The number of benzene rings is 1. The first-order chi connectivity index (χ1) is 13.4. The van der Waals surface area contributed by atoms with Crippen LogP contribution in [0.3, 0.4) is 0 Å². The van der Waals surface area contributed by atoms with Crippen molar-refractivity contribution in [3.8, 4) is 5.75 Å². The maximum absolute atomic E-state index is 12.0. The number of H-pyrrole nitrogens is 1. The highest BCUT2D eigenvalue weighted by Crippen LogP contribution is 2.31. The number of esters is 1. The molecule has 0 radical (unpaired) electrons. The molecule has 0 saturated heterocycles. The Labute approximate surface area is 162 Å². The number of hydrogen-bond acceptors (Lipinski definition) is 8. The van der Waals surface area contributed by atoms with Gasteiger partial charge in [0.2, 0.25) is 0 Å². The number of phenols is 1. The number of aromatic hydroxyl groups is 1. The minimum atomic E-state index is -0.915. The molecule has 1 aromatic heterocycles. The molecule has 1 heterocycles. The normalized spacial score (nSPS) is 13.4. The van der Waals surface area contributed by atoms with Gasteiger partial charge >= 0.3 is 5.97 Å². The molecule has 0 bridgehead atoms. The number of carbonyl (C=O) groups is 2. The highest BCUT2D eigenvalue weighted by Gasteiger charge is 2.19. The molecule has 154 valence electrons. The molecule has 4 N–H and O–H groups in total. The van der Waals surface area contributed by atoms with Crippen molar-refractivity contribution in [1.29, 1.82) is 0 Å². The summed E-state index contributed by atoms with van der Waals surface area (Å²) in [6.07, 6.45) is -0.632. The van der Waals surface area contributed by atoms with Gasteiger partial charge < -0.3 is 34.7 Å². The zero-order valence-corrected chi connectivity index (χ0v) is 16.2. The third-order valence-corrected chi connectivity index (χ3v) is 4.19. The summed E-state index contributed by atoms with van der Waals surface area (Å²) in [4.78, 5) is 26.4. The van der Waals surface area contributed by atoms with E-state index in [9.17, 15) is 19.8 Å². The van der Waals surface area contributed by atoms with Crippen molar-refractivity contribution in [1.82, 2.24) is 10.3 Å². The Morgan fingerprint density at radius 3 is 2.68 bits per heavy atom. The van der Waals surface area contributed by atoms with Crippen LogP contribution in [0.1, 0.15) is 35.5 Å². The molecule has 9 heteroatoms. The van der Waals surface area contributed by atoms with Gasteiger partial charge in [-0.15, -0.1) is 0 Å². The average molecular weight is 394 g/mol. The number of carbonyl (C=O) groups excluding carboxylic acids is 2. The van der Waals surface area contributed by atoms with Gasteiger partial charge in [0.1, 0.15) is 18.1 Å². The van der Waals surface area contributed by atoms with E-state index in [1.165, 1.54) is 26.4 Å². The Morgan fingerprint density at radius 1 is 1.25 bits per heavy atom. The van der Waals surface area contributed by atoms with E-state index in [1.54, 1.807) is 6.07 Å². The molecule has 2 atom stereocenters. The summed E-state index contributed by atoms with van der Waals surface area (Å²) in [6, 6.07) is 4.39. The molecule has 28 heavy (non-hydrogen) atoms. The summed E-state index contributed by atoms with van der Waals surface area (Å²) in [6.45, 7) is 1.89. The van der Waals surface area contributed by atoms with Crippen LogP contribution in [0.5, 0.6) is 5.75 Å². The molecule has 0 spiro atoms. The number of aliphatic hydroxyl groups is 1. The van der Waals surface area contributed by atoms with E-state index in [-0.39, 0.29) is 49.6 Å². The van der Waals surface area contributed by atoms with Gasteiger partial charge in [-0.1, -0.05) is 6.07 Å². The van der Waals surface area contributed by atoms with Crippen LogP contribution >= 0.6 is 0 Å². The van der Waals surface area contributed by atoms with E-state index in [0.717, 1.165) is 0 Å². The third-order valence-electron chi connectivity index (χ3n) is 4.19. The number of nitrogens with one attached hydrogen (secondary N) is 2. The smallest absolute Gasteiger partial charge is 0.356 e. The molecule has 1 aromatic carbocycles. The van der Waals surface area contributed by atoms with Crippen molar-refractivity contribution in [2.24, 2.45) is 0 Å². The van der Waals surface area contributed by atoms with Crippen molar-refractivity contribution in [2.45, 2.75) is 25.5 Å². The van der Waals surface area contributed by atoms with Gasteiger partial charge in [0.25, 0.3) is 0 Å². The highest BCUT2D eigenvalue weighted by atomic mass is 16.7. The fraction of sp³-hybridized carbons (Fsp3) is 0.474. The molecule has 0 aliphatic rings. The van der Waals surface area contributed by atoms with Crippen molar-refractivity contribution in [2.75, 3.05) is 34.2 Å². The van der Waals surface area contributed by atoms with Crippen LogP contribution in [0, 0.1) is 0 Å². The minimum Gasteiger partial charge on any atom is -0.506 e. The average Bonchev–Trinajstić information content (AvgIpc) is 3.11. The molecule has 9 nitrogen and oxygen atoms in total. The number of ether oxygens (including phenoxy) is 3. The first-order valence-electron chi connectivity index (χ1n) is 8.80. The first-order valence-corrected chi connectivity index (χ1v) is 8.80. The lowest BCUT2D eigenvalue weighted by atomic mass is 10.0. The van der Waals surface area contributed by atoms with Gasteiger partial charge in [0.15, 0.2) is 12.6 Å². The van der Waals surface area contributed by atoms with E-state index in [0.29, 0.717) is 16.5 Å². The van der Waals surface area contributed by atoms with Crippen molar-refractivity contribution in [3.05, 3.63) is 29.5 Å². The first kappa shape index (κ1) is 21.8. The Bertz CT molecular complexity index is 818. The number of aromatic nitrogens is 1. The van der Waals surface area contributed by atoms with Crippen LogP contribution in [0.15, 0.2) is 18.2 Å². The Morgan fingerprint density at radius 2 is 2.00 bits per heavy atom. The van der Waals surface area contributed by atoms with Crippen LogP contribution in [0.2, 0.25) is 0 Å². The molecular formula is C19H26N2O7. The number of aliphatic hydroxyl groups excluding tert-OH is 1. The van der Waals surface area contributed by atoms with Crippen molar-refractivity contribution >= 4 is 22.7 Å². The molecule has 2 aromatic rings. The summed E-state index contributed by atoms with van der Waals surface area (Å²) >= 11 is 0. The largest absolute Gasteiger partial charge is 0.506 e. The second kappa shape index (κ2) is 10.2. The zero-order chi connectivity index (χ0) is 20.7. The van der Waals surface area contributed by atoms with Gasteiger partial charge in [-0.3, -0.25) is 4.79 Å². The van der Waals surface area contributed by atoms with E-state index in [1.807, 2.05) is 6.92 Å². The van der Waals surface area contributed by atoms with Crippen LogP contribution in [-0.2, 0) is 19.0 Å². The highest BCUT2D eigenvalue weighted by molar-refractivity contribution is 5.98. The maximum atomic E-state index is 12.0. The molecule has 0 aliphatic carbocycles. The molecule has 2 rings (SSSR count). The third kappa shape index (κ3) is 5.52. The van der Waals surface area contributed by atoms with Gasteiger partial charge in [-0.25, -0.2) is 4.79 Å². The lowest BCUT2D eigenvalue weighted by molar-refractivity contribution is -0.123. The van der Waals surface area contributed by atoms with Gasteiger partial charge in [0.05, 0.1) is 11.6 Å². The summed E-state index contributed by atoms with van der Waals surface area (Å²) in [5, 5.41) is 24.2. The summed E-state index contributed by atoms with van der Waals surface area (Å²) < 4.78 is 14.4. The Hall–Kier alpha value is -2.46. The SMILES string of the molecule is COCOC(=O)c1cc2c(C(O)CNC(C)CC(=O)COC)ccc(O)c2[nH]1. The molecule has 0 amide bonds. The quantitative estimate of drug-likeness (QED) is 0.331. The van der Waals surface area contributed by atoms with Crippen molar-refractivity contribution in [3.63, 3.8) is 0 Å². The fourth-order valence-corrected chi connectivity index (χ4v) is 2.87. The molecular weight excluding hydrogens is 368 g/mol. The number of ketones is 1. The number of aromatic amines is 1. The van der Waals surface area contributed by atoms with Gasteiger partial charge in [0, 0.05) is 38.6 Å². The lowest BCUT2D eigenvalue weighted by Gasteiger charge is -2.17. The number of methoxy groups -OCH3 is 2. The topological polar surface area (TPSA) is 130 Å². The fourth-order valence-electron chi connectivity index (χ4n) is 2.87. The standard InChI is InChI=1S/C19H26N2O7/c1-11(6-12(22)9-26-2)20-8-17(24)13-4-5-16(23)18-14(13)7-15(21-18)19(25)28-10-27-3/h4-5,7,11,17,20-21,23-24H,6,8-10H2,1-3H3. The second-order valence-electron chi connectivity index (χ2n) is 6.48. The van der Waals surface area contributed by atoms with E-state index >= 15 is 0 Å². The monoisotopic (exact) mass is 394 g/mol. The summed E-state index contributed by atoms with van der Waals surface area (Å²) in [5.74, 6) is -0.724. The van der Waals surface area contributed by atoms with Crippen LogP contribution in [-0.4, -0.2) is 67.2 Å². The van der Waals surface area contributed by atoms with E-state index in [2.05, 4.69) is 10.3 Å². The van der Waals surface area contributed by atoms with Gasteiger partial charge in [-0.05, 0) is 24.6 Å². The van der Waals surface area contributed by atoms with Gasteiger partial charge in [-0.2, -0.15) is 0 Å². The molecule has 0 saturated carbocycles. The Kier molecular flexibility index (Phi) is 7.94. The number of fused-ring (bicyclic) bond motifs is 1. The molecule has 2 unspecified atom stereocenters. The van der Waals surface area contributed by atoms with Crippen molar-refractivity contribution < 1.29 is 34.0 Å². The lowest BCUT2D eigenvalue weighted by Crippen LogP contribution is -2.33. The minimum absolute atomic E-state index is 0.0335. The number of rotatable bonds is 11. The van der Waals surface area contributed by atoms with E-state index in [4.69, 9.17) is 14.2 Å². The summed E-state index contributed by atoms with van der Waals surface area (Å²) in [5.41, 5.74) is 0.982. The molecule has 0 fully saturated rings. The summed E-state index contributed by atoms with van der Waals surface area (Å²) in [7, 11) is 2.86. The predicted octanol–water partition coefficient (Wildman–Crippen LogP) is 1.25. The maximum Gasteiger partial charge on any atom is 0.356 e. The van der Waals surface area contributed by atoms with E-state index < -0.39 is 12.1 Å². The van der Waals surface area contributed by atoms with Crippen LogP contribution < -0.4 is 5.32 Å². The Balaban J connectivity index is 2.12. The molecule has 0 aliphatic heterocycles. The number of hydrogen-bond donors (Lipinski definition) is 4. The zero-order valence-electron chi connectivity index (χ0n) is 16.2. The van der Waals surface area contributed by atoms with Crippen LogP contribution in [0.4, 0.5) is 0 Å². The number of Topliss-reactive ketones (excluding diaryl/α,β-unsaturated/α-hetero) is 1.